The molecule has 0 saturated carbocycles. The number of benzene rings is 1. The van der Waals surface area contributed by atoms with Crippen molar-refractivity contribution in [2.45, 2.75) is 38.8 Å². The van der Waals surface area contributed by atoms with Crippen molar-refractivity contribution in [1.82, 2.24) is 14.8 Å². The van der Waals surface area contributed by atoms with Crippen molar-refractivity contribution in [3.63, 3.8) is 0 Å². The van der Waals surface area contributed by atoms with E-state index in [1.54, 1.807) is 6.07 Å². The first-order valence-corrected chi connectivity index (χ1v) is 10.5. The molecule has 1 fully saturated rings. The molecule has 3 heterocycles. The standard InChI is InChI=1S/C23H26ClN3O2/c1-15(2)25-23(29)26-12-17-11-19(14-26)22-18(7-10-21(28)27(22)13-17)6-3-16-4-8-20(24)9-5-16/h3-10,15,17,19H,11-14H2,1-2H3,(H,25,29)/t17-,19-/m1/s1. The highest BCUT2D eigenvalue weighted by atomic mass is 35.5. The van der Waals surface area contributed by atoms with Crippen molar-refractivity contribution < 1.29 is 4.79 Å². The van der Waals surface area contributed by atoms with Crippen molar-refractivity contribution in [3.05, 3.63) is 68.6 Å². The van der Waals surface area contributed by atoms with Gasteiger partial charge < -0.3 is 14.8 Å². The largest absolute Gasteiger partial charge is 0.336 e. The van der Waals surface area contributed by atoms with Crippen LogP contribution in [-0.2, 0) is 6.54 Å². The van der Waals surface area contributed by atoms with Crippen LogP contribution < -0.4 is 10.9 Å². The number of likely N-dealkylation sites (tertiary alicyclic amines) is 1. The van der Waals surface area contributed by atoms with Gasteiger partial charge in [-0.25, -0.2) is 4.79 Å². The Labute approximate surface area is 176 Å². The van der Waals surface area contributed by atoms with Gasteiger partial charge in [-0.15, -0.1) is 0 Å². The summed E-state index contributed by atoms with van der Waals surface area (Å²) in [7, 11) is 0. The molecular weight excluding hydrogens is 386 g/mol. The number of piperidine rings is 1. The number of urea groups is 1. The van der Waals surface area contributed by atoms with Crippen molar-refractivity contribution in [1.29, 1.82) is 0 Å². The van der Waals surface area contributed by atoms with Crippen molar-refractivity contribution in [3.8, 4) is 0 Å². The molecule has 1 aromatic carbocycles. The number of halogens is 1. The maximum Gasteiger partial charge on any atom is 0.317 e. The SMILES string of the molecule is CC(C)NC(=O)N1C[C@H]2C[C@H](C1)c1c(C=Cc3ccc(Cl)cc3)ccc(=O)n1C2. The summed E-state index contributed by atoms with van der Waals surface area (Å²) in [4.78, 5) is 27.0. The zero-order valence-corrected chi connectivity index (χ0v) is 17.5. The number of hydrogen-bond acceptors (Lipinski definition) is 2. The molecule has 0 spiro atoms. The van der Waals surface area contributed by atoms with Crippen LogP contribution in [0.3, 0.4) is 0 Å². The summed E-state index contributed by atoms with van der Waals surface area (Å²) in [6, 6.07) is 11.3. The van der Waals surface area contributed by atoms with E-state index >= 15 is 0 Å². The Kier molecular flexibility index (Phi) is 5.50. The van der Waals surface area contributed by atoms with Gasteiger partial charge in [-0.1, -0.05) is 35.9 Å². The van der Waals surface area contributed by atoms with E-state index in [9.17, 15) is 9.59 Å². The number of carbonyl (C=O) groups excluding carboxylic acids is 1. The summed E-state index contributed by atoms with van der Waals surface area (Å²) in [5.74, 6) is 0.478. The molecule has 0 radical (unpaired) electrons. The normalized spacial score (nSPS) is 20.8. The van der Waals surface area contributed by atoms with E-state index in [1.165, 1.54) is 0 Å². The topological polar surface area (TPSA) is 54.3 Å². The molecule has 152 valence electrons. The molecule has 2 bridgehead atoms. The quantitative estimate of drug-likeness (QED) is 0.822. The number of nitrogens with one attached hydrogen (secondary N) is 1. The molecule has 1 aromatic heterocycles. The van der Waals surface area contributed by atoms with Gasteiger partial charge in [-0.05, 0) is 55.5 Å². The number of amides is 2. The first-order valence-electron chi connectivity index (χ1n) is 10.1. The first kappa shape index (κ1) is 19.8. The monoisotopic (exact) mass is 411 g/mol. The molecule has 2 aliphatic rings. The molecule has 2 aliphatic heterocycles. The van der Waals surface area contributed by atoms with Gasteiger partial charge in [0.2, 0.25) is 0 Å². The highest BCUT2D eigenvalue weighted by Crippen LogP contribution is 2.37. The van der Waals surface area contributed by atoms with Crippen molar-refractivity contribution >= 4 is 29.8 Å². The molecular formula is C23H26ClN3O2. The number of aromatic nitrogens is 1. The number of fused-ring (bicyclic) bond motifs is 4. The van der Waals surface area contributed by atoms with Crippen LogP contribution in [0.25, 0.3) is 12.2 Å². The lowest BCUT2D eigenvalue weighted by Gasteiger charge is -2.43. The van der Waals surface area contributed by atoms with Crippen LogP contribution in [0.4, 0.5) is 4.79 Å². The zero-order chi connectivity index (χ0) is 20.5. The average molecular weight is 412 g/mol. The third kappa shape index (κ3) is 4.25. The third-order valence-electron chi connectivity index (χ3n) is 5.65. The lowest BCUT2D eigenvalue weighted by atomic mass is 9.81. The van der Waals surface area contributed by atoms with Gasteiger partial charge in [0.1, 0.15) is 0 Å². The molecule has 1 N–H and O–H groups in total. The molecule has 6 heteroatoms. The number of rotatable bonds is 3. The highest BCUT2D eigenvalue weighted by Gasteiger charge is 2.37. The second-order valence-corrected chi connectivity index (χ2v) is 8.75. The minimum absolute atomic E-state index is 0.0142. The zero-order valence-electron chi connectivity index (χ0n) is 16.8. The Balaban J connectivity index is 1.65. The number of carbonyl (C=O) groups is 1. The lowest BCUT2D eigenvalue weighted by Crippen LogP contribution is -2.53. The Morgan fingerprint density at radius 1 is 1.10 bits per heavy atom. The molecule has 5 nitrogen and oxygen atoms in total. The van der Waals surface area contributed by atoms with E-state index < -0.39 is 0 Å². The molecule has 2 aromatic rings. The van der Waals surface area contributed by atoms with Crippen molar-refractivity contribution in [2.24, 2.45) is 5.92 Å². The second-order valence-electron chi connectivity index (χ2n) is 8.32. The minimum atomic E-state index is -0.0142. The first-order chi connectivity index (χ1) is 13.9. The van der Waals surface area contributed by atoms with Gasteiger partial charge in [-0.3, -0.25) is 4.79 Å². The summed E-state index contributed by atoms with van der Waals surface area (Å²) < 4.78 is 1.91. The van der Waals surface area contributed by atoms with E-state index in [1.807, 2.05) is 59.7 Å². The predicted octanol–water partition coefficient (Wildman–Crippen LogP) is 4.21. The fourth-order valence-electron chi connectivity index (χ4n) is 4.45. The maximum absolute atomic E-state index is 12.6. The Morgan fingerprint density at radius 2 is 1.86 bits per heavy atom. The molecule has 2 amide bonds. The maximum atomic E-state index is 12.6. The fraction of sp³-hybridized carbons (Fsp3) is 0.391. The van der Waals surface area contributed by atoms with Gasteiger partial charge in [-0.2, -0.15) is 0 Å². The summed E-state index contributed by atoms with van der Waals surface area (Å²) >= 11 is 5.97. The summed E-state index contributed by atoms with van der Waals surface area (Å²) in [5.41, 5.74) is 3.17. The van der Waals surface area contributed by atoms with Crippen LogP contribution in [0.1, 0.15) is 43.0 Å². The predicted molar refractivity (Wildman–Crippen MR) is 117 cm³/mol. The summed E-state index contributed by atoms with van der Waals surface area (Å²) in [5, 5.41) is 3.70. The van der Waals surface area contributed by atoms with Crippen LogP contribution in [-0.4, -0.2) is 34.6 Å². The van der Waals surface area contributed by atoms with Crippen LogP contribution in [0.2, 0.25) is 5.02 Å². The summed E-state index contributed by atoms with van der Waals surface area (Å²) in [6.45, 7) is 5.94. The molecule has 29 heavy (non-hydrogen) atoms. The Morgan fingerprint density at radius 3 is 2.59 bits per heavy atom. The molecule has 0 aliphatic carbocycles. The number of nitrogens with zero attached hydrogens (tertiary/aromatic N) is 2. The van der Waals surface area contributed by atoms with E-state index in [4.69, 9.17) is 11.6 Å². The van der Waals surface area contributed by atoms with Crippen LogP contribution in [0.5, 0.6) is 0 Å². The molecule has 0 unspecified atom stereocenters. The number of hydrogen-bond donors (Lipinski definition) is 1. The van der Waals surface area contributed by atoms with Gasteiger partial charge >= 0.3 is 6.03 Å². The Bertz CT molecular complexity index is 994. The second kappa shape index (κ2) is 8.07. The van der Waals surface area contributed by atoms with E-state index in [0.29, 0.717) is 30.6 Å². The molecule has 2 atom stereocenters. The summed E-state index contributed by atoms with van der Waals surface area (Å²) in [6.07, 6.45) is 5.10. The average Bonchev–Trinajstić information content (AvgIpc) is 2.68. The smallest absolute Gasteiger partial charge is 0.317 e. The lowest BCUT2D eigenvalue weighted by molar-refractivity contribution is 0.129. The van der Waals surface area contributed by atoms with Crippen molar-refractivity contribution in [2.75, 3.05) is 13.1 Å². The Hall–Kier alpha value is -2.53. The van der Waals surface area contributed by atoms with E-state index in [0.717, 1.165) is 23.2 Å². The van der Waals surface area contributed by atoms with Gasteiger partial charge in [0.15, 0.2) is 0 Å². The van der Waals surface area contributed by atoms with E-state index in [-0.39, 0.29) is 23.6 Å². The van der Waals surface area contributed by atoms with Crippen LogP contribution in [0.15, 0.2) is 41.2 Å². The van der Waals surface area contributed by atoms with Gasteiger partial charge in [0, 0.05) is 48.4 Å². The van der Waals surface area contributed by atoms with Gasteiger partial charge in [0.05, 0.1) is 0 Å². The highest BCUT2D eigenvalue weighted by molar-refractivity contribution is 6.30. The van der Waals surface area contributed by atoms with Crippen LogP contribution >= 0.6 is 11.6 Å². The number of pyridine rings is 1. The van der Waals surface area contributed by atoms with E-state index in [2.05, 4.69) is 11.4 Å². The third-order valence-corrected chi connectivity index (χ3v) is 5.90. The van der Waals surface area contributed by atoms with Gasteiger partial charge in [0.25, 0.3) is 5.56 Å². The fourth-order valence-corrected chi connectivity index (χ4v) is 4.58. The minimum Gasteiger partial charge on any atom is -0.336 e. The molecule has 4 rings (SSSR count). The molecule has 1 saturated heterocycles. The van der Waals surface area contributed by atoms with Crippen LogP contribution in [0, 0.1) is 5.92 Å².